The molecule has 37 heavy (non-hydrogen) atoms. The molecule has 2 amide bonds. The van der Waals surface area contributed by atoms with Gasteiger partial charge in [-0.2, -0.15) is 0 Å². The van der Waals surface area contributed by atoms with E-state index in [-0.39, 0.29) is 29.7 Å². The highest BCUT2D eigenvalue weighted by Crippen LogP contribution is 2.43. The highest BCUT2D eigenvalue weighted by Gasteiger charge is 2.38. The molecule has 3 unspecified atom stereocenters. The topological polar surface area (TPSA) is 54.3 Å². The fourth-order valence-electron chi connectivity index (χ4n) is 5.57. The number of hydrogen-bond donors (Lipinski definition) is 1. The van der Waals surface area contributed by atoms with Gasteiger partial charge >= 0.3 is 0 Å². The average Bonchev–Trinajstić information content (AvgIpc) is 3.25. The molecule has 5 nitrogen and oxygen atoms in total. The summed E-state index contributed by atoms with van der Waals surface area (Å²) in [5.41, 5.74) is 6.74. The number of aromatic nitrogens is 1. The molecular weight excluding hydrogens is 458 g/mol. The van der Waals surface area contributed by atoms with Gasteiger partial charge in [0.15, 0.2) is 0 Å². The SMILES string of the molecule is Cc1ccc(C)n1-c1ccc(C(=O)N2c3ccccc3C(C(C)C(=O)Nc3ccccc3)CC2C)cc1. The van der Waals surface area contributed by atoms with Crippen molar-refractivity contribution in [3.8, 4) is 5.69 Å². The summed E-state index contributed by atoms with van der Waals surface area (Å²) in [5, 5.41) is 3.05. The quantitative estimate of drug-likeness (QED) is 0.330. The zero-order chi connectivity index (χ0) is 26.1. The molecule has 0 saturated carbocycles. The number of aryl methyl sites for hydroxylation is 2. The van der Waals surface area contributed by atoms with E-state index in [1.165, 1.54) is 0 Å². The molecule has 1 aliphatic heterocycles. The van der Waals surface area contributed by atoms with E-state index in [1.807, 2.05) is 84.6 Å². The van der Waals surface area contributed by atoms with Crippen molar-refractivity contribution in [3.05, 3.63) is 114 Å². The Morgan fingerprint density at radius 1 is 0.838 bits per heavy atom. The lowest BCUT2D eigenvalue weighted by Crippen LogP contribution is -2.45. The first kappa shape index (κ1) is 24.6. The van der Waals surface area contributed by atoms with Crippen LogP contribution in [0.4, 0.5) is 11.4 Å². The minimum atomic E-state index is -0.242. The van der Waals surface area contributed by atoms with Crippen molar-refractivity contribution < 1.29 is 9.59 Å². The smallest absolute Gasteiger partial charge is 0.258 e. The second kappa shape index (κ2) is 10.1. The van der Waals surface area contributed by atoms with Crippen LogP contribution in [0.25, 0.3) is 5.69 Å². The van der Waals surface area contributed by atoms with Crippen molar-refractivity contribution in [2.75, 3.05) is 10.2 Å². The molecule has 3 aromatic carbocycles. The van der Waals surface area contributed by atoms with Crippen LogP contribution in [0.5, 0.6) is 0 Å². The van der Waals surface area contributed by atoms with E-state index in [4.69, 9.17) is 0 Å². The summed E-state index contributed by atoms with van der Waals surface area (Å²) in [7, 11) is 0. The van der Waals surface area contributed by atoms with Crippen LogP contribution in [-0.4, -0.2) is 22.4 Å². The lowest BCUT2D eigenvalue weighted by Gasteiger charge is -2.41. The predicted octanol–water partition coefficient (Wildman–Crippen LogP) is 6.89. The largest absolute Gasteiger partial charge is 0.326 e. The van der Waals surface area contributed by atoms with Crippen molar-refractivity contribution in [2.45, 2.75) is 46.1 Å². The first-order chi connectivity index (χ1) is 17.8. The Bertz CT molecular complexity index is 1400. The summed E-state index contributed by atoms with van der Waals surface area (Å²) < 4.78 is 2.18. The third-order valence-electron chi connectivity index (χ3n) is 7.55. The molecule has 188 valence electrons. The van der Waals surface area contributed by atoms with Gasteiger partial charge in [-0.05, 0) is 93.3 Å². The van der Waals surface area contributed by atoms with Crippen LogP contribution in [0.15, 0.2) is 91.0 Å². The van der Waals surface area contributed by atoms with E-state index in [9.17, 15) is 9.59 Å². The van der Waals surface area contributed by atoms with E-state index in [2.05, 4.69) is 48.9 Å². The number of carbonyl (C=O) groups is 2. The number of para-hydroxylation sites is 2. The first-order valence-electron chi connectivity index (χ1n) is 12.9. The van der Waals surface area contributed by atoms with Gasteiger partial charge in [-0.15, -0.1) is 0 Å². The lowest BCUT2D eigenvalue weighted by atomic mass is 9.78. The maximum Gasteiger partial charge on any atom is 0.258 e. The molecule has 1 N–H and O–H groups in total. The number of nitrogens with one attached hydrogen (secondary N) is 1. The van der Waals surface area contributed by atoms with E-state index in [0.29, 0.717) is 12.0 Å². The van der Waals surface area contributed by atoms with Crippen molar-refractivity contribution in [2.24, 2.45) is 5.92 Å². The maximum absolute atomic E-state index is 13.8. The van der Waals surface area contributed by atoms with Crippen molar-refractivity contribution >= 4 is 23.2 Å². The molecule has 2 heterocycles. The van der Waals surface area contributed by atoms with Crippen LogP contribution in [-0.2, 0) is 4.79 Å². The number of anilines is 2. The molecule has 0 bridgehead atoms. The van der Waals surface area contributed by atoms with Gasteiger partial charge < -0.3 is 14.8 Å². The molecule has 5 heteroatoms. The number of hydrogen-bond acceptors (Lipinski definition) is 2. The second-order valence-corrected chi connectivity index (χ2v) is 10.1. The minimum Gasteiger partial charge on any atom is -0.326 e. The van der Waals surface area contributed by atoms with E-state index in [1.54, 1.807) is 0 Å². The molecular formula is C32H33N3O2. The Kier molecular flexibility index (Phi) is 6.70. The fraction of sp³-hybridized carbons (Fsp3) is 0.250. The number of rotatable bonds is 5. The Hall–Kier alpha value is -4.12. The zero-order valence-corrected chi connectivity index (χ0v) is 21.8. The molecule has 1 aliphatic rings. The van der Waals surface area contributed by atoms with Gasteiger partial charge in [-0.3, -0.25) is 9.59 Å². The summed E-state index contributed by atoms with van der Waals surface area (Å²) in [6.45, 7) is 8.21. The highest BCUT2D eigenvalue weighted by molar-refractivity contribution is 6.07. The molecule has 0 spiro atoms. The van der Waals surface area contributed by atoms with Gasteiger partial charge in [0.2, 0.25) is 5.91 Å². The van der Waals surface area contributed by atoms with Gasteiger partial charge in [0.1, 0.15) is 0 Å². The third-order valence-corrected chi connectivity index (χ3v) is 7.55. The molecule has 0 aliphatic carbocycles. The van der Waals surface area contributed by atoms with Crippen molar-refractivity contribution in [3.63, 3.8) is 0 Å². The third kappa shape index (κ3) is 4.69. The van der Waals surface area contributed by atoms with Crippen LogP contribution >= 0.6 is 0 Å². The highest BCUT2D eigenvalue weighted by atomic mass is 16.2. The number of nitrogens with zero attached hydrogens (tertiary/aromatic N) is 2. The molecule has 3 atom stereocenters. The Balaban J connectivity index is 1.41. The predicted molar refractivity (Wildman–Crippen MR) is 150 cm³/mol. The summed E-state index contributed by atoms with van der Waals surface area (Å²) >= 11 is 0. The number of fused-ring (bicyclic) bond motifs is 1. The Morgan fingerprint density at radius 2 is 1.46 bits per heavy atom. The molecule has 4 aromatic rings. The van der Waals surface area contributed by atoms with E-state index in [0.717, 1.165) is 34.0 Å². The zero-order valence-electron chi connectivity index (χ0n) is 21.8. The van der Waals surface area contributed by atoms with E-state index >= 15 is 0 Å². The van der Waals surface area contributed by atoms with Crippen LogP contribution in [0.2, 0.25) is 0 Å². The molecule has 0 saturated heterocycles. The number of benzene rings is 3. The molecule has 0 radical (unpaired) electrons. The lowest BCUT2D eigenvalue weighted by molar-refractivity contribution is -0.120. The molecule has 5 rings (SSSR count). The Morgan fingerprint density at radius 3 is 2.14 bits per heavy atom. The normalized spacial score (nSPS) is 17.7. The van der Waals surface area contributed by atoms with Crippen molar-refractivity contribution in [1.82, 2.24) is 4.57 Å². The van der Waals surface area contributed by atoms with Crippen LogP contribution < -0.4 is 10.2 Å². The monoisotopic (exact) mass is 491 g/mol. The van der Waals surface area contributed by atoms with Gasteiger partial charge in [-0.25, -0.2) is 0 Å². The van der Waals surface area contributed by atoms with Gasteiger partial charge in [0.25, 0.3) is 5.91 Å². The maximum atomic E-state index is 13.8. The fourth-order valence-corrected chi connectivity index (χ4v) is 5.57. The van der Waals surface area contributed by atoms with Crippen LogP contribution in [0.3, 0.4) is 0 Å². The number of carbonyl (C=O) groups excluding carboxylic acids is 2. The van der Waals surface area contributed by atoms with Crippen LogP contribution in [0, 0.1) is 19.8 Å². The minimum absolute atomic E-state index is 0.0100. The number of amides is 2. The van der Waals surface area contributed by atoms with Crippen molar-refractivity contribution in [1.29, 1.82) is 0 Å². The first-order valence-corrected chi connectivity index (χ1v) is 12.9. The molecule has 1 aromatic heterocycles. The Labute approximate surface area is 218 Å². The average molecular weight is 492 g/mol. The summed E-state index contributed by atoms with van der Waals surface area (Å²) in [6, 6.07) is 29.5. The van der Waals surface area contributed by atoms with Crippen LogP contribution in [0.1, 0.15) is 53.5 Å². The van der Waals surface area contributed by atoms with E-state index < -0.39 is 0 Å². The summed E-state index contributed by atoms with van der Waals surface area (Å²) in [6.07, 6.45) is 0.714. The van der Waals surface area contributed by atoms with Gasteiger partial charge in [0, 0.05) is 46.0 Å². The second-order valence-electron chi connectivity index (χ2n) is 10.1. The summed E-state index contributed by atoms with van der Waals surface area (Å²) in [4.78, 5) is 28.8. The molecule has 0 fully saturated rings. The van der Waals surface area contributed by atoms with Gasteiger partial charge in [-0.1, -0.05) is 43.3 Å². The van der Waals surface area contributed by atoms with Gasteiger partial charge in [0.05, 0.1) is 0 Å². The summed E-state index contributed by atoms with van der Waals surface area (Å²) in [5.74, 6) is -0.258. The standard InChI is InChI=1S/C32H33N3O2/c1-21-14-15-22(2)34(21)27-18-16-25(17-19-27)32(37)35-23(3)20-29(28-12-8-9-13-30(28)35)24(4)31(36)33-26-10-6-5-7-11-26/h5-19,23-24,29H,20H2,1-4H3,(H,33,36).